The van der Waals surface area contributed by atoms with Gasteiger partial charge in [0.2, 0.25) is 5.91 Å². The molecule has 0 aliphatic rings. The molecule has 0 fully saturated rings. The number of carbonyl (C=O) groups excluding carboxylic acids is 2. The molecule has 3 N–H and O–H groups in total. The van der Waals surface area contributed by atoms with E-state index in [1.807, 2.05) is 6.08 Å². The van der Waals surface area contributed by atoms with E-state index in [-0.39, 0.29) is 18.5 Å². The molecule has 0 spiro atoms. The van der Waals surface area contributed by atoms with Crippen LogP contribution < -0.4 is 5.32 Å². The Labute approximate surface area is 538 Å². The summed E-state index contributed by atoms with van der Waals surface area (Å²) in [6, 6.07) is -0.628. The highest BCUT2D eigenvalue weighted by Crippen LogP contribution is 2.19. The van der Waals surface area contributed by atoms with Gasteiger partial charge in [0.25, 0.3) is 0 Å². The Morgan fingerprint density at radius 1 is 0.314 bits per heavy atom. The van der Waals surface area contributed by atoms with E-state index in [0.717, 1.165) is 44.9 Å². The molecule has 0 aromatic rings. The summed E-state index contributed by atoms with van der Waals surface area (Å²) in [5.74, 6) is -0.0522. The lowest BCUT2D eigenvalue weighted by atomic mass is 10.0. The third kappa shape index (κ3) is 71.2. The van der Waals surface area contributed by atoms with Crippen molar-refractivity contribution in [2.75, 3.05) is 13.2 Å². The van der Waals surface area contributed by atoms with Gasteiger partial charge < -0.3 is 20.3 Å². The number of unbranched alkanes of at least 4 members (excludes halogenated alkanes) is 59. The predicted molar refractivity (Wildman–Crippen MR) is 379 cm³/mol. The van der Waals surface area contributed by atoms with Gasteiger partial charge >= 0.3 is 5.97 Å². The SMILES string of the molecule is CCCCCC/C=C\CCCCCCCC(=O)OCCCCCCCCCCCCCC/C=C\CCCCCCCCCCCCCCCCCC(=O)NC(CO)C(O)/C=C/CCCCCCCCCCCCCCCCCCCCCCCCC. The van der Waals surface area contributed by atoms with E-state index < -0.39 is 12.1 Å². The van der Waals surface area contributed by atoms with Crippen molar-refractivity contribution in [1.29, 1.82) is 0 Å². The van der Waals surface area contributed by atoms with Gasteiger partial charge in [-0.05, 0) is 83.5 Å². The smallest absolute Gasteiger partial charge is 0.305 e. The van der Waals surface area contributed by atoms with Gasteiger partial charge in [0.05, 0.1) is 25.4 Å². The van der Waals surface area contributed by atoms with Crippen LogP contribution in [0.3, 0.4) is 0 Å². The zero-order valence-electron chi connectivity index (χ0n) is 58.3. The fraction of sp³-hybridized carbons (Fsp3) is 0.900. The minimum Gasteiger partial charge on any atom is -0.466 e. The zero-order chi connectivity index (χ0) is 62.0. The van der Waals surface area contributed by atoms with E-state index in [2.05, 4.69) is 43.5 Å². The first-order valence-corrected chi connectivity index (χ1v) is 39.3. The standard InChI is InChI=1S/C80H153NO5/c1-3-5-7-9-11-13-15-17-18-19-20-21-22-30-33-36-39-42-45-49-52-56-60-64-68-72-78(83)77(76-82)81-79(84)73-69-65-61-57-53-50-46-43-40-37-34-31-28-26-24-23-25-27-29-32-35-38-41-44-47-51-55-59-63-67-71-75-86-80(85)74-70-66-62-58-54-48-16-14-12-10-8-6-4-2/h14,16,25,27,68,72,77-78,82-83H,3-13,15,17-24,26,28-67,69-71,73-76H2,1-2H3,(H,81,84)/b16-14-,27-25-,72-68+. The topological polar surface area (TPSA) is 95.9 Å². The number of amides is 1. The first-order chi connectivity index (χ1) is 42.5. The lowest BCUT2D eigenvalue weighted by Crippen LogP contribution is -2.45. The van der Waals surface area contributed by atoms with Crippen molar-refractivity contribution in [2.24, 2.45) is 0 Å². The molecule has 0 aromatic carbocycles. The molecule has 6 nitrogen and oxygen atoms in total. The van der Waals surface area contributed by atoms with Crippen LogP contribution in [-0.4, -0.2) is 47.4 Å². The van der Waals surface area contributed by atoms with E-state index in [9.17, 15) is 19.8 Å². The highest BCUT2D eigenvalue weighted by Gasteiger charge is 2.18. The number of carbonyl (C=O) groups is 2. The quantitative estimate of drug-likeness (QED) is 0.0320. The summed E-state index contributed by atoms with van der Waals surface area (Å²) in [6.07, 6.45) is 98.3. The number of ether oxygens (including phenoxy) is 1. The van der Waals surface area contributed by atoms with Crippen LogP contribution in [0.25, 0.3) is 0 Å². The van der Waals surface area contributed by atoms with E-state index in [0.29, 0.717) is 19.4 Å². The Balaban J connectivity index is 3.39. The average molecular weight is 1210 g/mol. The van der Waals surface area contributed by atoms with Crippen molar-refractivity contribution in [2.45, 2.75) is 450 Å². The summed E-state index contributed by atoms with van der Waals surface area (Å²) >= 11 is 0. The number of hydrogen-bond donors (Lipinski definition) is 3. The second-order valence-corrected chi connectivity index (χ2v) is 27.0. The number of allylic oxidation sites excluding steroid dienone is 5. The first kappa shape index (κ1) is 84.1. The molecule has 2 atom stereocenters. The van der Waals surface area contributed by atoms with Crippen molar-refractivity contribution in [3.05, 3.63) is 36.5 Å². The molecular weight excluding hydrogens is 1050 g/mol. The first-order valence-electron chi connectivity index (χ1n) is 39.3. The fourth-order valence-corrected chi connectivity index (χ4v) is 12.4. The van der Waals surface area contributed by atoms with Crippen molar-refractivity contribution < 1.29 is 24.5 Å². The molecule has 2 unspecified atom stereocenters. The van der Waals surface area contributed by atoms with Gasteiger partial charge in [-0.3, -0.25) is 9.59 Å². The Kier molecular flexibility index (Phi) is 73.9. The van der Waals surface area contributed by atoms with Gasteiger partial charge in [0.1, 0.15) is 0 Å². The summed E-state index contributed by atoms with van der Waals surface area (Å²) in [7, 11) is 0. The lowest BCUT2D eigenvalue weighted by Gasteiger charge is -2.20. The monoisotopic (exact) mass is 1210 g/mol. The number of hydrogen-bond acceptors (Lipinski definition) is 5. The van der Waals surface area contributed by atoms with Gasteiger partial charge in [-0.25, -0.2) is 0 Å². The maximum atomic E-state index is 12.6. The number of nitrogens with one attached hydrogen (secondary N) is 1. The number of rotatable bonds is 74. The van der Waals surface area contributed by atoms with E-state index in [1.165, 1.54) is 366 Å². The molecule has 0 aliphatic carbocycles. The van der Waals surface area contributed by atoms with Gasteiger partial charge in [0.15, 0.2) is 0 Å². The normalized spacial score (nSPS) is 12.7. The fourth-order valence-electron chi connectivity index (χ4n) is 12.4. The minimum atomic E-state index is -0.845. The summed E-state index contributed by atoms with van der Waals surface area (Å²) in [6.45, 7) is 4.93. The molecule has 86 heavy (non-hydrogen) atoms. The Hall–Kier alpha value is -1.92. The molecule has 508 valence electrons. The summed E-state index contributed by atoms with van der Waals surface area (Å²) in [5, 5.41) is 23.3. The second-order valence-electron chi connectivity index (χ2n) is 27.0. The molecule has 0 bridgehead atoms. The van der Waals surface area contributed by atoms with Crippen LogP contribution >= 0.6 is 0 Å². The van der Waals surface area contributed by atoms with Crippen LogP contribution in [0.5, 0.6) is 0 Å². The molecule has 0 saturated heterocycles. The van der Waals surface area contributed by atoms with E-state index >= 15 is 0 Å². The van der Waals surface area contributed by atoms with Crippen LogP contribution in [0.4, 0.5) is 0 Å². The largest absolute Gasteiger partial charge is 0.466 e. The zero-order valence-corrected chi connectivity index (χ0v) is 58.3. The van der Waals surface area contributed by atoms with Crippen LogP contribution in [0, 0.1) is 0 Å². The summed E-state index contributed by atoms with van der Waals surface area (Å²) in [4.78, 5) is 24.6. The Morgan fingerprint density at radius 2 is 0.547 bits per heavy atom. The number of aliphatic hydroxyl groups is 2. The van der Waals surface area contributed by atoms with E-state index in [4.69, 9.17) is 4.74 Å². The van der Waals surface area contributed by atoms with Gasteiger partial charge in [0, 0.05) is 12.8 Å². The molecule has 0 rings (SSSR count). The second kappa shape index (κ2) is 75.5. The van der Waals surface area contributed by atoms with Gasteiger partial charge in [-0.2, -0.15) is 0 Å². The van der Waals surface area contributed by atoms with Crippen LogP contribution in [-0.2, 0) is 14.3 Å². The van der Waals surface area contributed by atoms with Gasteiger partial charge in [-0.15, -0.1) is 0 Å². The van der Waals surface area contributed by atoms with Crippen molar-refractivity contribution in [1.82, 2.24) is 5.32 Å². The molecule has 0 aliphatic heterocycles. The third-order valence-electron chi connectivity index (χ3n) is 18.4. The molecule has 1 amide bonds. The Morgan fingerprint density at radius 3 is 0.837 bits per heavy atom. The molecule has 0 radical (unpaired) electrons. The molecule has 0 saturated carbocycles. The number of aliphatic hydroxyl groups excluding tert-OH is 2. The Bertz CT molecular complexity index is 1390. The highest BCUT2D eigenvalue weighted by atomic mass is 16.5. The van der Waals surface area contributed by atoms with Crippen molar-refractivity contribution in [3.8, 4) is 0 Å². The minimum absolute atomic E-state index is 0.00875. The maximum absolute atomic E-state index is 12.6. The van der Waals surface area contributed by atoms with Crippen molar-refractivity contribution >= 4 is 11.9 Å². The van der Waals surface area contributed by atoms with Crippen LogP contribution in [0.15, 0.2) is 36.5 Å². The van der Waals surface area contributed by atoms with E-state index in [1.54, 1.807) is 6.08 Å². The molecular formula is C80H153NO5. The maximum Gasteiger partial charge on any atom is 0.305 e. The molecule has 0 heterocycles. The summed E-state index contributed by atoms with van der Waals surface area (Å²) < 4.78 is 5.48. The van der Waals surface area contributed by atoms with Crippen molar-refractivity contribution in [3.63, 3.8) is 0 Å². The lowest BCUT2D eigenvalue weighted by molar-refractivity contribution is -0.143. The number of esters is 1. The highest BCUT2D eigenvalue weighted by molar-refractivity contribution is 5.76. The van der Waals surface area contributed by atoms with Gasteiger partial charge in [-0.1, -0.05) is 378 Å². The molecule has 0 aromatic heterocycles. The average Bonchev–Trinajstić information content (AvgIpc) is 3.55. The summed E-state index contributed by atoms with van der Waals surface area (Å²) in [5.41, 5.74) is 0. The predicted octanol–water partition coefficient (Wildman–Crippen LogP) is 25.8. The van der Waals surface area contributed by atoms with Crippen LogP contribution in [0.2, 0.25) is 0 Å². The molecule has 6 heteroatoms. The van der Waals surface area contributed by atoms with Crippen LogP contribution in [0.1, 0.15) is 438 Å². The third-order valence-corrected chi connectivity index (χ3v) is 18.4.